The average Bonchev–Trinajstić information content (AvgIpc) is 2.66. The van der Waals surface area contributed by atoms with Gasteiger partial charge >= 0.3 is 0 Å². The minimum Gasteiger partial charge on any atom is -0.342 e. The van der Waals surface area contributed by atoms with Crippen molar-refractivity contribution in [2.24, 2.45) is 0 Å². The van der Waals surface area contributed by atoms with E-state index in [9.17, 15) is 0 Å². The van der Waals surface area contributed by atoms with Gasteiger partial charge in [-0.25, -0.2) is 0 Å². The standard InChI is InChI=1S/C28H36N2/c1-11-26(21(7)18-25-16-14-13-15-17-25)22(8)27(12-2)30-24(10)29-23(9)28(19(3)4)20(5)6/h11-17,29-30H,2-3,7,9-10,18H2,1,4-6,8H3/b26-11-,27-22+. The van der Waals surface area contributed by atoms with Crippen LogP contribution in [0.5, 0.6) is 0 Å². The van der Waals surface area contributed by atoms with Crippen molar-refractivity contribution < 1.29 is 0 Å². The molecule has 0 aliphatic heterocycles. The first kappa shape index (κ1) is 24.8. The fourth-order valence-corrected chi connectivity index (χ4v) is 3.49. The molecule has 0 fully saturated rings. The van der Waals surface area contributed by atoms with Gasteiger partial charge in [-0.15, -0.1) is 0 Å². The zero-order valence-electron chi connectivity index (χ0n) is 19.3. The molecule has 30 heavy (non-hydrogen) atoms. The van der Waals surface area contributed by atoms with E-state index in [1.54, 1.807) is 6.08 Å². The van der Waals surface area contributed by atoms with E-state index >= 15 is 0 Å². The van der Waals surface area contributed by atoms with Crippen molar-refractivity contribution in [2.75, 3.05) is 0 Å². The zero-order chi connectivity index (χ0) is 22.8. The first-order chi connectivity index (χ1) is 14.1. The van der Waals surface area contributed by atoms with Gasteiger partial charge in [0.05, 0.1) is 0 Å². The molecule has 0 aromatic heterocycles. The van der Waals surface area contributed by atoms with Crippen LogP contribution in [0.3, 0.4) is 0 Å². The molecule has 0 heterocycles. The van der Waals surface area contributed by atoms with Crippen molar-refractivity contribution in [3.63, 3.8) is 0 Å². The van der Waals surface area contributed by atoms with E-state index in [2.05, 4.69) is 68.7 Å². The topological polar surface area (TPSA) is 24.1 Å². The molecule has 0 unspecified atom stereocenters. The highest BCUT2D eigenvalue weighted by Crippen LogP contribution is 2.24. The van der Waals surface area contributed by atoms with Crippen molar-refractivity contribution in [2.45, 2.75) is 41.0 Å². The molecule has 0 saturated heterocycles. The SMILES string of the molecule is C=C/C(NC(=C)NC(=C)C(C(=C)C)=C(C)C)=C(C)\C(=C/C)C(=C)Cc1ccccc1. The van der Waals surface area contributed by atoms with Crippen LogP contribution < -0.4 is 10.6 Å². The second-order valence-electron chi connectivity index (χ2n) is 7.57. The van der Waals surface area contributed by atoms with Crippen LogP contribution in [0, 0.1) is 0 Å². The smallest absolute Gasteiger partial charge is 0.100 e. The Morgan fingerprint density at radius 2 is 1.53 bits per heavy atom. The number of hydrogen-bond donors (Lipinski definition) is 2. The summed E-state index contributed by atoms with van der Waals surface area (Å²) in [6.07, 6.45) is 4.68. The maximum Gasteiger partial charge on any atom is 0.100 e. The van der Waals surface area contributed by atoms with Gasteiger partial charge in [0.1, 0.15) is 5.82 Å². The van der Waals surface area contributed by atoms with Gasteiger partial charge in [0.25, 0.3) is 0 Å². The Balaban J connectivity index is 3.01. The van der Waals surface area contributed by atoms with Gasteiger partial charge in [-0.2, -0.15) is 0 Å². The molecule has 2 nitrogen and oxygen atoms in total. The van der Waals surface area contributed by atoms with Gasteiger partial charge in [0.2, 0.25) is 0 Å². The largest absolute Gasteiger partial charge is 0.342 e. The summed E-state index contributed by atoms with van der Waals surface area (Å²) in [6.45, 7) is 30.7. The van der Waals surface area contributed by atoms with Crippen LogP contribution in [0.1, 0.15) is 40.2 Å². The molecule has 0 aliphatic rings. The van der Waals surface area contributed by atoms with Crippen LogP contribution in [-0.4, -0.2) is 0 Å². The molecule has 0 saturated carbocycles. The Morgan fingerprint density at radius 3 is 2.00 bits per heavy atom. The first-order valence-electron chi connectivity index (χ1n) is 10.1. The van der Waals surface area contributed by atoms with Gasteiger partial charge in [0, 0.05) is 11.4 Å². The van der Waals surface area contributed by atoms with Crippen LogP contribution in [0.15, 0.2) is 126 Å². The molecule has 158 valence electrons. The van der Waals surface area contributed by atoms with Crippen molar-refractivity contribution >= 4 is 0 Å². The van der Waals surface area contributed by atoms with Crippen LogP contribution in [0.2, 0.25) is 0 Å². The average molecular weight is 401 g/mol. The number of nitrogens with one attached hydrogen (secondary N) is 2. The minimum atomic E-state index is 0.623. The van der Waals surface area contributed by atoms with Crippen molar-refractivity contribution in [1.82, 2.24) is 10.6 Å². The van der Waals surface area contributed by atoms with Crippen molar-refractivity contribution in [3.8, 4) is 0 Å². The van der Waals surface area contributed by atoms with E-state index in [0.29, 0.717) is 5.82 Å². The summed E-state index contributed by atoms with van der Waals surface area (Å²) in [5.74, 6) is 0.623. The van der Waals surface area contributed by atoms with Gasteiger partial charge in [-0.1, -0.05) is 74.9 Å². The summed E-state index contributed by atoms with van der Waals surface area (Å²) < 4.78 is 0. The van der Waals surface area contributed by atoms with Crippen molar-refractivity contribution in [1.29, 1.82) is 0 Å². The maximum absolute atomic E-state index is 4.32. The second kappa shape index (κ2) is 11.7. The third-order valence-corrected chi connectivity index (χ3v) is 4.76. The summed E-state index contributed by atoms with van der Waals surface area (Å²) in [5.41, 5.74) is 9.21. The zero-order valence-corrected chi connectivity index (χ0v) is 19.3. The van der Waals surface area contributed by atoms with E-state index in [1.807, 2.05) is 45.9 Å². The van der Waals surface area contributed by atoms with Gasteiger partial charge in [-0.3, -0.25) is 0 Å². The Labute approximate surface area is 183 Å². The highest BCUT2D eigenvalue weighted by Gasteiger charge is 2.11. The lowest BCUT2D eigenvalue weighted by molar-refractivity contribution is 0.848. The quantitative estimate of drug-likeness (QED) is 0.382. The fraction of sp³-hybridized carbons (Fsp3) is 0.214. The molecular formula is C28H36N2. The highest BCUT2D eigenvalue weighted by molar-refractivity contribution is 5.50. The maximum atomic E-state index is 4.32. The highest BCUT2D eigenvalue weighted by atomic mass is 15.1. The Kier molecular flexibility index (Phi) is 9.64. The van der Waals surface area contributed by atoms with Gasteiger partial charge in [-0.05, 0) is 80.5 Å². The Hall–Kier alpha value is -3.26. The predicted molar refractivity (Wildman–Crippen MR) is 134 cm³/mol. The van der Waals surface area contributed by atoms with E-state index in [0.717, 1.165) is 51.3 Å². The Bertz CT molecular complexity index is 930. The lowest BCUT2D eigenvalue weighted by Gasteiger charge is -2.21. The molecule has 0 aliphatic carbocycles. The summed E-state index contributed by atoms with van der Waals surface area (Å²) in [5, 5.41) is 6.57. The molecule has 0 radical (unpaired) electrons. The minimum absolute atomic E-state index is 0.623. The summed E-state index contributed by atoms with van der Waals surface area (Å²) in [6, 6.07) is 10.3. The van der Waals surface area contributed by atoms with E-state index < -0.39 is 0 Å². The van der Waals surface area contributed by atoms with Crippen LogP contribution in [0.4, 0.5) is 0 Å². The lowest BCUT2D eigenvalue weighted by atomic mass is 9.93. The molecule has 0 atom stereocenters. The molecule has 0 spiro atoms. The predicted octanol–water partition coefficient (Wildman–Crippen LogP) is 7.27. The molecular weight excluding hydrogens is 364 g/mol. The second-order valence-corrected chi connectivity index (χ2v) is 7.57. The third kappa shape index (κ3) is 6.97. The summed E-state index contributed by atoms with van der Waals surface area (Å²) in [7, 11) is 0. The van der Waals surface area contributed by atoms with E-state index in [1.165, 1.54) is 5.56 Å². The molecule has 1 rings (SSSR count). The van der Waals surface area contributed by atoms with Gasteiger partial charge < -0.3 is 10.6 Å². The first-order valence-corrected chi connectivity index (χ1v) is 10.1. The number of benzene rings is 1. The molecule has 2 N–H and O–H groups in total. The van der Waals surface area contributed by atoms with E-state index in [-0.39, 0.29) is 0 Å². The molecule has 0 bridgehead atoms. The van der Waals surface area contributed by atoms with E-state index in [4.69, 9.17) is 0 Å². The molecule has 1 aromatic rings. The lowest BCUT2D eigenvalue weighted by Crippen LogP contribution is -2.25. The monoisotopic (exact) mass is 400 g/mol. The normalized spacial score (nSPS) is 11.7. The van der Waals surface area contributed by atoms with Crippen molar-refractivity contribution in [3.05, 3.63) is 132 Å². The number of rotatable bonds is 11. The third-order valence-electron chi connectivity index (χ3n) is 4.76. The Morgan fingerprint density at radius 1 is 0.933 bits per heavy atom. The van der Waals surface area contributed by atoms with Crippen LogP contribution in [-0.2, 0) is 6.42 Å². The number of hydrogen-bond acceptors (Lipinski definition) is 2. The summed E-state index contributed by atoms with van der Waals surface area (Å²) >= 11 is 0. The number of allylic oxidation sites excluding steroid dienone is 7. The van der Waals surface area contributed by atoms with Crippen LogP contribution in [0.25, 0.3) is 0 Å². The fourth-order valence-electron chi connectivity index (χ4n) is 3.49. The molecule has 0 amide bonds. The van der Waals surface area contributed by atoms with Crippen LogP contribution >= 0.6 is 0 Å². The summed E-state index contributed by atoms with van der Waals surface area (Å²) in [4.78, 5) is 0. The molecule has 1 aromatic carbocycles. The molecule has 2 heteroatoms. The van der Waals surface area contributed by atoms with Gasteiger partial charge in [0.15, 0.2) is 0 Å².